The lowest BCUT2D eigenvalue weighted by atomic mass is 10.2. The smallest absolute Gasteiger partial charge is 0.435 e. The Morgan fingerprint density at radius 1 is 0.911 bits per heavy atom. The van der Waals surface area contributed by atoms with Crippen LogP contribution in [-0.4, -0.2) is 59.5 Å². The fourth-order valence-electron chi connectivity index (χ4n) is 4.41. The van der Waals surface area contributed by atoms with Crippen LogP contribution in [0.2, 0.25) is 0 Å². The number of fused-ring (bicyclic) bond motifs is 1. The van der Waals surface area contributed by atoms with E-state index in [1.54, 1.807) is 0 Å². The lowest BCUT2D eigenvalue weighted by molar-refractivity contribution is -0.141. The molecule has 0 saturated heterocycles. The van der Waals surface area contributed by atoms with Gasteiger partial charge >= 0.3 is 12.4 Å². The quantitative estimate of drug-likeness (QED) is 0.230. The van der Waals surface area contributed by atoms with Gasteiger partial charge in [-0.15, -0.1) is 0 Å². The van der Waals surface area contributed by atoms with Gasteiger partial charge in [-0.2, -0.15) is 31.4 Å². The summed E-state index contributed by atoms with van der Waals surface area (Å²) in [7, 11) is 2.18. The number of halogens is 9. The normalized spacial score (nSPS) is 13.1. The molecule has 20 heteroatoms. The van der Waals surface area contributed by atoms with Crippen molar-refractivity contribution in [3.8, 4) is 28.8 Å². The average molecular weight is 647 g/mol. The minimum Gasteiger partial charge on any atom is -0.481 e. The Kier molecular flexibility index (Phi) is 7.92. The summed E-state index contributed by atoms with van der Waals surface area (Å²) in [6.07, 6.45) is -15.0. The molecule has 1 aromatic carbocycles. The molecular formula is C25H18F9N9O2. The summed E-state index contributed by atoms with van der Waals surface area (Å²) < 4.78 is 135. The predicted octanol–water partition coefficient (Wildman–Crippen LogP) is 5.19. The first-order valence-corrected chi connectivity index (χ1v) is 12.4. The summed E-state index contributed by atoms with van der Waals surface area (Å²) in [5, 5.41) is 12.0. The van der Waals surface area contributed by atoms with Gasteiger partial charge in [-0.1, -0.05) is 12.1 Å². The second-order valence-electron chi connectivity index (χ2n) is 9.14. The number of nitrogens with zero attached hydrogens (tertiary/aromatic N) is 8. The molecule has 0 amide bonds. The number of aromatic nitrogens is 8. The van der Waals surface area contributed by atoms with E-state index in [2.05, 4.69) is 25.0 Å². The van der Waals surface area contributed by atoms with Crippen LogP contribution in [0.15, 0.2) is 42.9 Å². The van der Waals surface area contributed by atoms with Crippen LogP contribution in [0, 0.1) is 5.41 Å². The molecular weight excluding hydrogens is 629 g/mol. The predicted molar refractivity (Wildman–Crippen MR) is 134 cm³/mol. The molecule has 0 spiro atoms. The van der Waals surface area contributed by atoms with Gasteiger partial charge in [-0.05, 0) is 17.7 Å². The first-order valence-electron chi connectivity index (χ1n) is 12.4. The monoisotopic (exact) mass is 647 g/mol. The molecule has 0 fully saturated rings. The molecule has 0 aliphatic rings. The van der Waals surface area contributed by atoms with Gasteiger partial charge in [-0.25, -0.2) is 37.8 Å². The number of benzene rings is 1. The fourth-order valence-corrected chi connectivity index (χ4v) is 4.41. The van der Waals surface area contributed by atoms with Gasteiger partial charge in [0.25, 0.3) is 6.43 Å². The first kappa shape index (κ1) is 31.3. The second-order valence-corrected chi connectivity index (χ2v) is 9.14. The lowest BCUT2D eigenvalue weighted by Crippen LogP contribution is -2.29. The SMILES string of the molecule is COc1ncnc(C(F)(F)F)c1-c1ncc2c(n1)n(Cc1ccc(-n3nc(C(F)(F)F)cc3OC)cc1)c(=N)n2C(F)C(F)F. The molecule has 0 bridgehead atoms. The number of nitrogens with one attached hydrogen (secondary N) is 1. The maximum atomic E-state index is 14.7. The van der Waals surface area contributed by atoms with Crippen molar-refractivity contribution >= 4 is 11.2 Å². The van der Waals surface area contributed by atoms with Crippen molar-refractivity contribution in [3.63, 3.8) is 0 Å². The molecule has 238 valence electrons. The van der Waals surface area contributed by atoms with E-state index in [-0.39, 0.29) is 22.7 Å². The van der Waals surface area contributed by atoms with E-state index in [1.807, 2.05) is 0 Å². The topological polar surface area (TPSA) is 122 Å². The Bertz CT molecular complexity index is 1910. The Labute approximate surface area is 245 Å². The van der Waals surface area contributed by atoms with E-state index < -0.39 is 70.5 Å². The van der Waals surface area contributed by atoms with Crippen molar-refractivity contribution in [1.82, 2.24) is 38.9 Å². The maximum Gasteiger partial charge on any atom is 0.435 e. The van der Waals surface area contributed by atoms with E-state index >= 15 is 0 Å². The fraction of sp³-hybridized carbons (Fsp3) is 0.280. The van der Waals surface area contributed by atoms with E-state index in [0.717, 1.165) is 29.7 Å². The van der Waals surface area contributed by atoms with Gasteiger partial charge in [0.05, 0.1) is 32.6 Å². The average Bonchev–Trinajstić information content (AvgIpc) is 3.55. The van der Waals surface area contributed by atoms with Crippen molar-refractivity contribution in [2.75, 3.05) is 14.2 Å². The van der Waals surface area contributed by atoms with Crippen LogP contribution in [-0.2, 0) is 18.9 Å². The van der Waals surface area contributed by atoms with Crippen LogP contribution in [0.3, 0.4) is 0 Å². The number of alkyl halides is 9. The largest absolute Gasteiger partial charge is 0.481 e. The lowest BCUT2D eigenvalue weighted by Gasteiger charge is -2.13. The van der Waals surface area contributed by atoms with E-state index in [0.29, 0.717) is 18.0 Å². The zero-order valence-corrected chi connectivity index (χ0v) is 22.7. The van der Waals surface area contributed by atoms with Gasteiger partial charge in [0.2, 0.25) is 23.7 Å². The minimum atomic E-state index is -5.02. The number of hydrogen-bond donors (Lipinski definition) is 1. The Morgan fingerprint density at radius 3 is 2.18 bits per heavy atom. The molecule has 0 aliphatic heterocycles. The molecule has 4 aromatic heterocycles. The highest BCUT2D eigenvalue weighted by molar-refractivity contribution is 5.75. The molecule has 1 unspecified atom stereocenters. The van der Waals surface area contributed by atoms with Gasteiger partial charge in [0, 0.05) is 6.07 Å². The highest BCUT2D eigenvalue weighted by atomic mass is 19.4. The molecule has 45 heavy (non-hydrogen) atoms. The van der Waals surface area contributed by atoms with Crippen LogP contribution < -0.4 is 15.1 Å². The van der Waals surface area contributed by atoms with Crippen molar-refractivity contribution in [1.29, 1.82) is 5.41 Å². The molecule has 5 rings (SSSR count). The van der Waals surface area contributed by atoms with Gasteiger partial charge in [0.15, 0.2) is 22.9 Å². The zero-order valence-electron chi connectivity index (χ0n) is 22.7. The summed E-state index contributed by atoms with van der Waals surface area (Å²) >= 11 is 0. The highest BCUT2D eigenvalue weighted by Crippen LogP contribution is 2.39. The summed E-state index contributed by atoms with van der Waals surface area (Å²) in [6.45, 7) is -0.367. The Balaban J connectivity index is 1.63. The molecule has 0 saturated carbocycles. The molecule has 1 N–H and O–H groups in total. The van der Waals surface area contributed by atoms with Gasteiger partial charge in [0.1, 0.15) is 17.4 Å². The molecule has 0 radical (unpaired) electrons. The summed E-state index contributed by atoms with van der Waals surface area (Å²) in [5.74, 6) is -1.46. The minimum absolute atomic E-state index is 0.131. The van der Waals surface area contributed by atoms with E-state index in [4.69, 9.17) is 14.9 Å². The standard InChI is InChI=1S/C25H18F9N9O2/c1-44-15-7-14(24(29,30)31)40-43(15)12-5-3-11(4-6-12)9-41-21-13(42(23(41)35)19(28)18(26)27)8-36-20(39-21)16-17(25(32,33)34)37-10-38-22(16)45-2/h3-8,10,18-19,35H,9H2,1-2H3. The number of hydrogen-bond acceptors (Lipinski definition) is 8. The van der Waals surface area contributed by atoms with E-state index in [9.17, 15) is 39.5 Å². The third-order valence-electron chi connectivity index (χ3n) is 6.40. The van der Waals surface area contributed by atoms with Crippen LogP contribution in [0.25, 0.3) is 28.2 Å². The molecule has 1 atom stereocenters. The Hall–Kier alpha value is -5.17. The van der Waals surface area contributed by atoms with Crippen molar-refractivity contribution < 1.29 is 49.0 Å². The second kappa shape index (κ2) is 11.4. The molecule has 5 aromatic rings. The Morgan fingerprint density at radius 2 is 1.60 bits per heavy atom. The van der Waals surface area contributed by atoms with Crippen LogP contribution >= 0.6 is 0 Å². The third kappa shape index (κ3) is 5.74. The van der Waals surface area contributed by atoms with Crippen LogP contribution in [0.1, 0.15) is 23.2 Å². The number of rotatable bonds is 8. The number of methoxy groups -OCH3 is 2. The third-order valence-corrected chi connectivity index (χ3v) is 6.40. The van der Waals surface area contributed by atoms with Crippen LogP contribution in [0.5, 0.6) is 11.8 Å². The van der Waals surface area contributed by atoms with Crippen LogP contribution in [0.4, 0.5) is 39.5 Å². The summed E-state index contributed by atoms with van der Waals surface area (Å²) in [5.41, 5.74) is -4.73. The van der Waals surface area contributed by atoms with Crippen molar-refractivity contribution in [2.24, 2.45) is 0 Å². The van der Waals surface area contributed by atoms with Crippen molar-refractivity contribution in [2.45, 2.75) is 31.6 Å². The van der Waals surface area contributed by atoms with Gasteiger partial charge < -0.3 is 9.47 Å². The number of ether oxygens (including phenoxy) is 2. The van der Waals surface area contributed by atoms with Gasteiger partial charge in [-0.3, -0.25) is 14.5 Å². The maximum absolute atomic E-state index is 14.7. The van der Waals surface area contributed by atoms with Crippen molar-refractivity contribution in [3.05, 3.63) is 65.4 Å². The zero-order chi connectivity index (χ0) is 32.8. The molecule has 11 nitrogen and oxygen atoms in total. The summed E-state index contributed by atoms with van der Waals surface area (Å²) in [6, 6.07) is 6.14. The summed E-state index contributed by atoms with van der Waals surface area (Å²) in [4.78, 5) is 14.8. The van der Waals surface area contributed by atoms with E-state index in [1.165, 1.54) is 24.3 Å². The highest BCUT2D eigenvalue weighted by Gasteiger charge is 2.39. The first-order chi connectivity index (χ1) is 21.1. The number of imidazole rings is 1. The molecule has 0 aliphatic carbocycles. The molecule has 4 heterocycles.